The van der Waals surface area contributed by atoms with E-state index < -0.39 is 0 Å². The molecule has 3 rings (SSSR count). The highest BCUT2D eigenvalue weighted by Gasteiger charge is 2.36. The maximum absolute atomic E-state index is 12.5. The molecule has 1 N–H and O–H groups in total. The molecule has 5 nitrogen and oxygen atoms in total. The number of nitrogens with zero attached hydrogens (tertiary/aromatic N) is 2. The van der Waals surface area contributed by atoms with Crippen LogP contribution < -0.4 is 5.32 Å². The van der Waals surface area contributed by atoms with Gasteiger partial charge in [0.2, 0.25) is 5.91 Å². The lowest BCUT2D eigenvalue weighted by molar-refractivity contribution is -0.130. The van der Waals surface area contributed by atoms with E-state index in [0.29, 0.717) is 12.6 Å². The van der Waals surface area contributed by atoms with Crippen LogP contribution >= 0.6 is 0 Å². The van der Waals surface area contributed by atoms with E-state index in [4.69, 9.17) is 0 Å². The molecule has 3 amide bonds. The molecule has 1 saturated heterocycles. The molecule has 122 valence electrons. The zero-order valence-electron chi connectivity index (χ0n) is 13.5. The van der Waals surface area contributed by atoms with Crippen molar-refractivity contribution in [1.29, 1.82) is 0 Å². The second-order valence-corrected chi connectivity index (χ2v) is 6.81. The Morgan fingerprint density at radius 3 is 2.68 bits per heavy atom. The Bertz CT molecular complexity index is 459. The van der Waals surface area contributed by atoms with Crippen LogP contribution in [0.2, 0.25) is 0 Å². The minimum atomic E-state index is 0.0401. The lowest BCUT2D eigenvalue weighted by Crippen LogP contribution is -2.50. The van der Waals surface area contributed by atoms with E-state index in [1.54, 1.807) is 6.92 Å². The molecule has 5 heteroatoms. The summed E-state index contributed by atoms with van der Waals surface area (Å²) >= 11 is 0. The number of allylic oxidation sites excluding steroid dienone is 1. The highest BCUT2D eigenvalue weighted by Crippen LogP contribution is 2.29. The molecule has 0 aromatic carbocycles. The van der Waals surface area contributed by atoms with Crippen LogP contribution in [0.1, 0.15) is 51.9 Å². The molecule has 1 saturated carbocycles. The van der Waals surface area contributed by atoms with Gasteiger partial charge in [-0.25, -0.2) is 4.79 Å². The summed E-state index contributed by atoms with van der Waals surface area (Å²) in [7, 11) is 0. The number of amides is 3. The topological polar surface area (TPSA) is 52.7 Å². The Morgan fingerprint density at radius 2 is 2.05 bits per heavy atom. The van der Waals surface area contributed by atoms with Crippen molar-refractivity contribution in [2.75, 3.05) is 13.1 Å². The third-order valence-corrected chi connectivity index (χ3v) is 5.00. The predicted molar refractivity (Wildman–Crippen MR) is 85.4 cm³/mol. The Labute approximate surface area is 132 Å². The average Bonchev–Trinajstić information content (AvgIpc) is 3.23. The van der Waals surface area contributed by atoms with Gasteiger partial charge in [0.25, 0.3) is 0 Å². The minimum Gasteiger partial charge on any atom is -0.338 e. The Balaban J connectivity index is 1.57. The minimum absolute atomic E-state index is 0.0401. The van der Waals surface area contributed by atoms with Crippen molar-refractivity contribution < 1.29 is 9.59 Å². The van der Waals surface area contributed by atoms with Gasteiger partial charge in [-0.3, -0.25) is 4.79 Å². The first-order chi connectivity index (χ1) is 10.6. The van der Waals surface area contributed by atoms with Gasteiger partial charge in [0.15, 0.2) is 0 Å². The van der Waals surface area contributed by atoms with E-state index in [2.05, 4.69) is 17.5 Å². The third-order valence-electron chi connectivity index (χ3n) is 5.00. The molecular formula is C17H27N3O2. The average molecular weight is 305 g/mol. The molecule has 0 radical (unpaired) electrons. The molecular weight excluding hydrogens is 278 g/mol. The Kier molecular flexibility index (Phi) is 4.69. The first kappa shape index (κ1) is 15.4. The lowest BCUT2D eigenvalue weighted by Gasteiger charge is -2.31. The summed E-state index contributed by atoms with van der Waals surface area (Å²) in [4.78, 5) is 28.3. The van der Waals surface area contributed by atoms with Crippen molar-refractivity contribution in [2.45, 2.75) is 70.0 Å². The number of urea groups is 1. The molecule has 1 heterocycles. The highest BCUT2D eigenvalue weighted by atomic mass is 16.2. The first-order valence-electron chi connectivity index (χ1n) is 8.66. The highest BCUT2D eigenvalue weighted by molar-refractivity contribution is 5.76. The van der Waals surface area contributed by atoms with Crippen molar-refractivity contribution in [2.24, 2.45) is 0 Å². The standard InChI is InChI=1S/C17H27N3O2/c1-13(21)20(15-9-10-15)12-16-8-5-11-19(16)17(22)18-14-6-3-2-4-7-14/h3,6,14-16H,2,4-5,7-12H2,1H3,(H,18,22). The van der Waals surface area contributed by atoms with E-state index >= 15 is 0 Å². The van der Waals surface area contributed by atoms with Crippen LogP contribution in [0, 0.1) is 0 Å². The van der Waals surface area contributed by atoms with Gasteiger partial charge in [-0.15, -0.1) is 0 Å². The summed E-state index contributed by atoms with van der Waals surface area (Å²) in [6.07, 6.45) is 11.8. The molecule has 2 fully saturated rings. The molecule has 3 aliphatic rings. The van der Waals surface area contributed by atoms with Crippen molar-refractivity contribution in [3.8, 4) is 0 Å². The van der Waals surface area contributed by atoms with Crippen LogP contribution in [0.5, 0.6) is 0 Å². The molecule has 1 aliphatic heterocycles. The van der Waals surface area contributed by atoms with Gasteiger partial charge in [-0.05, 0) is 44.9 Å². The maximum atomic E-state index is 12.5. The largest absolute Gasteiger partial charge is 0.338 e. The maximum Gasteiger partial charge on any atom is 0.318 e. The molecule has 0 bridgehead atoms. The smallest absolute Gasteiger partial charge is 0.318 e. The Morgan fingerprint density at radius 1 is 1.23 bits per heavy atom. The van der Waals surface area contributed by atoms with Gasteiger partial charge >= 0.3 is 6.03 Å². The lowest BCUT2D eigenvalue weighted by atomic mass is 10.0. The van der Waals surface area contributed by atoms with Crippen molar-refractivity contribution in [3.63, 3.8) is 0 Å². The molecule has 0 spiro atoms. The number of hydrogen-bond donors (Lipinski definition) is 1. The fourth-order valence-corrected chi connectivity index (χ4v) is 3.62. The molecule has 0 aromatic rings. The Hall–Kier alpha value is -1.52. The van der Waals surface area contributed by atoms with Crippen LogP contribution in [-0.2, 0) is 4.79 Å². The second-order valence-electron chi connectivity index (χ2n) is 6.81. The summed E-state index contributed by atoms with van der Waals surface area (Å²) < 4.78 is 0. The molecule has 0 aromatic heterocycles. The second kappa shape index (κ2) is 6.71. The van der Waals surface area contributed by atoms with Gasteiger partial charge < -0.3 is 15.1 Å². The van der Waals surface area contributed by atoms with Gasteiger partial charge in [0, 0.05) is 32.1 Å². The number of nitrogens with one attached hydrogen (secondary N) is 1. The van der Waals surface area contributed by atoms with Crippen LogP contribution in [0.4, 0.5) is 4.79 Å². The van der Waals surface area contributed by atoms with Crippen molar-refractivity contribution in [3.05, 3.63) is 12.2 Å². The molecule has 2 atom stereocenters. The number of rotatable bonds is 4. The molecule has 2 unspecified atom stereocenters. The van der Waals surface area contributed by atoms with E-state index in [9.17, 15) is 9.59 Å². The number of hydrogen-bond acceptors (Lipinski definition) is 2. The first-order valence-corrected chi connectivity index (χ1v) is 8.66. The fourth-order valence-electron chi connectivity index (χ4n) is 3.62. The van der Waals surface area contributed by atoms with E-state index in [1.165, 1.54) is 0 Å². The van der Waals surface area contributed by atoms with Crippen molar-refractivity contribution >= 4 is 11.9 Å². The van der Waals surface area contributed by atoms with Crippen molar-refractivity contribution in [1.82, 2.24) is 15.1 Å². The van der Waals surface area contributed by atoms with Gasteiger partial charge in [0.05, 0.1) is 6.04 Å². The summed E-state index contributed by atoms with van der Waals surface area (Å²) in [5, 5.41) is 3.13. The summed E-state index contributed by atoms with van der Waals surface area (Å²) in [5.74, 6) is 0.143. The SMILES string of the molecule is CC(=O)N(CC1CCCN1C(=O)NC1C=CCCC1)C1CC1. The number of carbonyl (C=O) groups is 2. The van der Waals surface area contributed by atoms with Crippen LogP contribution in [0.3, 0.4) is 0 Å². The number of likely N-dealkylation sites (tertiary alicyclic amines) is 1. The molecule has 22 heavy (non-hydrogen) atoms. The van der Waals surface area contributed by atoms with E-state index in [1.807, 2.05) is 9.80 Å². The summed E-state index contributed by atoms with van der Waals surface area (Å²) in [5.41, 5.74) is 0. The van der Waals surface area contributed by atoms with Crippen LogP contribution in [0.15, 0.2) is 12.2 Å². The van der Waals surface area contributed by atoms with Gasteiger partial charge in [-0.1, -0.05) is 12.2 Å². The third kappa shape index (κ3) is 3.62. The monoisotopic (exact) mass is 305 g/mol. The summed E-state index contributed by atoms with van der Waals surface area (Å²) in [6, 6.07) is 0.814. The molecule has 2 aliphatic carbocycles. The van der Waals surface area contributed by atoms with Gasteiger partial charge in [0.1, 0.15) is 0 Å². The quantitative estimate of drug-likeness (QED) is 0.810. The normalized spacial score (nSPS) is 27.8. The van der Waals surface area contributed by atoms with Gasteiger partial charge in [-0.2, -0.15) is 0 Å². The predicted octanol–water partition coefficient (Wildman–Crippen LogP) is 2.28. The fraction of sp³-hybridized carbons (Fsp3) is 0.765. The van der Waals surface area contributed by atoms with Crippen LogP contribution in [-0.4, -0.2) is 53.0 Å². The number of carbonyl (C=O) groups excluding carboxylic acids is 2. The summed E-state index contributed by atoms with van der Waals surface area (Å²) in [6.45, 7) is 3.15. The van der Waals surface area contributed by atoms with E-state index in [-0.39, 0.29) is 24.0 Å². The zero-order valence-corrected chi connectivity index (χ0v) is 13.5. The van der Waals surface area contributed by atoms with Crippen LogP contribution in [0.25, 0.3) is 0 Å². The zero-order chi connectivity index (χ0) is 15.5. The van der Waals surface area contributed by atoms with E-state index in [0.717, 1.165) is 51.5 Å².